The van der Waals surface area contributed by atoms with Gasteiger partial charge in [-0.3, -0.25) is 4.79 Å². The van der Waals surface area contributed by atoms with Crippen LogP contribution >= 0.6 is 0 Å². The predicted octanol–water partition coefficient (Wildman–Crippen LogP) is 1.01. The number of carboxylic acids is 1. The van der Waals surface area contributed by atoms with Gasteiger partial charge in [-0.25, -0.2) is 21.2 Å². The van der Waals surface area contributed by atoms with Crippen LogP contribution in [-0.4, -0.2) is 40.2 Å². The monoisotopic (exact) mass is 367 g/mol. The van der Waals surface area contributed by atoms with E-state index in [9.17, 15) is 26.0 Å². The van der Waals surface area contributed by atoms with Crippen molar-refractivity contribution in [2.24, 2.45) is 5.92 Å². The van der Waals surface area contributed by atoms with Crippen LogP contribution in [0.5, 0.6) is 0 Å². The molecule has 0 aromatic heterocycles. The van der Waals surface area contributed by atoms with Crippen molar-refractivity contribution in [2.75, 3.05) is 6.26 Å². The van der Waals surface area contributed by atoms with Gasteiger partial charge in [0.15, 0.2) is 9.84 Å². The molecule has 1 rings (SSSR count). The number of carbonyl (C=O) groups is 1. The molecule has 1 aromatic carbocycles. The first-order valence-electron chi connectivity index (χ1n) is 6.59. The zero-order valence-electron chi connectivity index (χ0n) is 12.8. The van der Waals surface area contributed by atoms with Gasteiger partial charge >= 0.3 is 5.97 Å². The molecule has 2 N–H and O–H groups in total. The number of nitrogens with one attached hydrogen (secondary N) is 1. The van der Waals surface area contributed by atoms with Gasteiger partial charge in [0.1, 0.15) is 16.8 Å². The molecule has 0 amide bonds. The number of benzene rings is 1. The van der Waals surface area contributed by atoms with Crippen LogP contribution in [0.25, 0.3) is 0 Å². The third-order valence-corrected chi connectivity index (χ3v) is 5.52. The zero-order chi connectivity index (χ0) is 18.0. The van der Waals surface area contributed by atoms with E-state index in [0.29, 0.717) is 6.07 Å². The Bertz CT molecular complexity index is 802. The molecule has 0 radical (unpaired) electrons. The molecule has 1 aromatic rings. The second kappa shape index (κ2) is 6.93. The van der Waals surface area contributed by atoms with E-state index in [4.69, 9.17) is 5.11 Å². The minimum absolute atomic E-state index is 0.0540. The normalized spacial score (nSPS) is 14.0. The van der Waals surface area contributed by atoms with Crippen molar-refractivity contribution in [1.82, 2.24) is 4.72 Å². The fraction of sp³-hybridized carbons (Fsp3) is 0.462. The number of rotatable bonds is 7. The Balaban J connectivity index is 3.18. The van der Waals surface area contributed by atoms with Crippen LogP contribution in [0.1, 0.15) is 20.3 Å². The van der Waals surface area contributed by atoms with Crippen LogP contribution in [0.4, 0.5) is 4.39 Å². The van der Waals surface area contributed by atoms with Crippen molar-refractivity contribution < 1.29 is 31.1 Å². The summed E-state index contributed by atoms with van der Waals surface area (Å²) in [5, 5.41) is 9.06. The number of aliphatic carboxylic acids is 1. The minimum atomic E-state index is -4.30. The molecule has 0 saturated heterocycles. The Kier molecular flexibility index (Phi) is 5.89. The average molecular weight is 367 g/mol. The standard InChI is InChI=1S/C13H18FNO6S2/c1-8(2)6-11(13(16)17)15-23(20,21)9-4-5-12(10(14)7-9)22(3,18)19/h4-5,7-8,11,15H,6H2,1-3H3,(H,16,17)/t11-/m0/s1. The lowest BCUT2D eigenvalue weighted by Gasteiger charge is -2.16. The molecule has 7 nitrogen and oxygen atoms in total. The highest BCUT2D eigenvalue weighted by Gasteiger charge is 2.27. The Labute approximate surface area is 134 Å². The number of halogens is 1. The van der Waals surface area contributed by atoms with E-state index in [0.717, 1.165) is 18.4 Å². The lowest BCUT2D eigenvalue weighted by Crippen LogP contribution is -2.41. The van der Waals surface area contributed by atoms with Gasteiger partial charge in [-0.05, 0) is 30.5 Å². The summed E-state index contributed by atoms with van der Waals surface area (Å²) in [4.78, 5) is 9.94. The topological polar surface area (TPSA) is 118 Å². The molecule has 0 aliphatic rings. The highest BCUT2D eigenvalue weighted by atomic mass is 32.2. The van der Waals surface area contributed by atoms with E-state index < -0.39 is 47.5 Å². The summed E-state index contributed by atoms with van der Waals surface area (Å²) in [6, 6.07) is 0.929. The summed E-state index contributed by atoms with van der Waals surface area (Å²) in [7, 11) is -8.13. The predicted molar refractivity (Wildman–Crippen MR) is 80.7 cm³/mol. The largest absolute Gasteiger partial charge is 0.480 e. The van der Waals surface area contributed by atoms with Crippen LogP contribution in [0, 0.1) is 11.7 Å². The van der Waals surface area contributed by atoms with Gasteiger partial charge in [0.05, 0.1) is 4.90 Å². The van der Waals surface area contributed by atoms with E-state index in [2.05, 4.69) is 0 Å². The summed E-state index contributed by atoms with van der Waals surface area (Å²) >= 11 is 0. The van der Waals surface area contributed by atoms with E-state index in [-0.39, 0.29) is 12.3 Å². The Morgan fingerprint density at radius 1 is 1.26 bits per heavy atom. The maximum Gasteiger partial charge on any atom is 0.321 e. The van der Waals surface area contributed by atoms with Gasteiger partial charge in [0.25, 0.3) is 0 Å². The van der Waals surface area contributed by atoms with E-state index >= 15 is 0 Å². The van der Waals surface area contributed by atoms with E-state index in [1.54, 1.807) is 13.8 Å². The molecule has 130 valence electrons. The quantitative estimate of drug-likeness (QED) is 0.742. The minimum Gasteiger partial charge on any atom is -0.480 e. The van der Waals surface area contributed by atoms with Crippen LogP contribution in [-0.2, 0) is 24.7 Å². The zero-order valence-corrected chi connectivity index (χ0v) is 14.4. The van der Waals surface area contributed by atoms with Crippen molar-refractivity contribution in [2.45, 2.75) is 36.1 Å². The highest BCUT2D eigenvalue weighted by molar-refractivity contribution is 7.90. The van der Waals surface area contributed by atoms with Crippen molar-refractivity contribution in [3.8, 4) is 0 Å². The molecular formula is C13H18FNO6S2. The number of carboxylic acid groups (broad SMARTS) is 1. The summed E-state index contributed by atoms with van der Waals surface area (Å²) in [5.74, 6) is -2.65. The Hall–Kier alpha value is -1.52. The third kappa shape index (κ3) is 5.26. The highest BCUT2D eigenvalue weighted by Crippen LogP contribution is 2.19. The molecular weight excluding hydrogens is 349 g/mol. The lowest BCUT2D eigenvalue weighted by molar-refractivity contribution is -0.139. The molecule has 10 heteroatoms. The fourth-order valence-electron chi connectivity index (χ4n) is 1.88. The molecule has 0 aliphatic carbocycles. The van der Waals surface area contributed by atoms with Crippen molar-refractivity contribution in [3.63, 3.8) is 0 Å². The summed E-state index contributed by atoms with van der Waals surface area (Å²) in [6.07, 6.45) is 0.847. The van der Waals surface area contributed by atoms with Gasteiger partial charge in [0.2, 0.25) is 10.0 Å². The van der Waals surface area contributed by atoms with Crippen molar-refractivity contribution in [3.05, 3.63) is 24.0 Å². The molecule has 0 heterocycles. The van der Waals surface area contributed by atoms with Crippen LogP contribution in [0.3, 0.4) is 0 Å². The Morgan fingerprint density at radius 3 is 2.22 bits per heavy atom. The van der Waals surface area contributed by atoms with Gasteiger partial charge in [-0.2, -0.15) is 4.72 Å². The van der Waals surface area contributed by atoms with Gasteiger partial charge in [0, 0.05) is 6.26 Å². The van der Waals surface area contributed by atoms with Crippen LogP contribution in [0.2, 0.25) is 0 Å². The first-order valence-corrected chi connectivity index (χ1v) is 9.97. The van der Waals surface area contributed by atoms with Gasteiger partial charge in [-0.1, -0.05) is 13.8 Å². The molecule has 0 bridgehead atoms. The number of hydrogen-bond acceptors (Lipinski definition) is 5. The fourth-order valence-corrected chi connectivity index (χ4v) is 3.82. The number of hydrogen-bond donors (Lipinski definition) is 2. The van der Waals surface area contributed by atoms with Crippen molar-refractivity contribution in [1.29, 1.82) is 0 Å². The molecule has 0 spiro atoms. The van der Waals surface area contributed by atoms with Crippen LogP contribution in [0.15, 0.2) is 28.0 Å². The average Bonchev–Trinajstić information content (AvgIpc) is 2.35. The molecule has 1 atom stereocenters. The number of sulfonamides is 1. The van der Waals surface area contributed by atoms with E-state index in [1.165, 1.54) is 0 Å². The smallest absolute Gasteiger partial charge is 0.321 e. The first kappa shape index (κ1) is 19.5. The van der Waals surface area contributed by atoms with E-state index in [1.807, 2.05) is 4.72 Å². The second-order valence-corrected chi connectivity index (χ2v) is 9.20. The van der Waals surface area contributed by atoms with Crippen molar-refractivity contribution >= 4 is 25.8 Å². The lowest BCUT2D eigenvalue weighted by atomic mass is 10.1. The SMILES string of the molecule is CC(C)C[C@H](NS(=O)(=O)c1ccc(S(C)(=O)=O)c(F)c1)C(=O)O. The number of sulfone groups is 1. The van der Waals surface area contributed by atoms with Gasteiger partial charge < -0.3 is 5.11 Å². The summed E-state index contributed by atoms with van der Waals surface area (Å²) in [6.45, 7) is 3.45. The third-order valence-electron chi connectivity index (χ3n) is 2.92. The molecule has 0 fully saturated rings. The first-order chi connectivity index (χ1) is 10.3. The van der Waals surface area contributed by atoms with Gasteiger partial charge in [-0.15, -0.1) is 0 Å². The molecule has 0 saturated carbocycles. The second-order valence-electron chi connectivity index (χ2n) is 5.51. The summed E-state index contributed by atoms with van der Waals surface area (Å²) in [5.41, 5.74) is 0. The van der Waals surface area contributed by atoms with Crippen LogP contribution < -0.4 is 4.72 Å². The molecule has 23 heavy (non-hydrogen) atoms. The summed E-state index contributed by atoms with van der Waals surface area (Å²) < 4.78 is 62.7. The molecule has 0 unspecified atom stereocenters. The maximum atomic E-state index is 13.8. The Morgan fingerprint density at radius 2 is 1.83 bits per heavy atom. The maximum absolute atomic E-state index is 13.8. The molecule has 0 aliphatic heterocycles.